The molecule has 0 aliphatic heterocycles. The molecule has 3 nitrogen and oxygen atoms in total. The van der Waals surface area contributed by atoms with E-state index in [0.29, 0.717) is 0 Å². The van der Waals surface area contributed by atoms with Gasteiger partial charge >= 0.3 is 0 Å². The highest BCUT2D eigenvalue weighted by Gasteiger charge is 2.36. The highest BCUT2D eigenvalue weighted by atomic mass is 16.5. The fourth-order valence-corrected chi connectivity index (χ4v) is 3.00. The summed E-state index contributed by atoms with van der Waals surface area (Å²) in [5.74, 6) is 0.843. The quantitative estimate of drug-likeness (QED) is 0.744. The van der Waals surface area contributed by atoms with Crippen LogP contribution in [0.4, 0.5) is 0 Å². The van der Waals surface area contributed by atoms with Crippen molar-refractivity contribution in [2.24, 2.45) is 5.73 Å². The molecule has 0 saturated carbocycles. The van der Waals surface area contributed by atoms with Crippen LogP contribution >= 0.6 is 0 Å². The lowest BCUT2D eigenvalue weighted by atomic mass is 9.78. The maximum atomic E-state index is 6.88. The Kier molecular flexibility index (Phi) is 6.43. The first kappa shape index (κ1) is 17.7. The average molecular weight is 290 g/mol. The van der Waals surface area contributed by atoms with Crippen molar-refractivity contribution in [1.82, 2.24) is 4.90 Å². The molecule has 2 N–H and O–H groups in total. The van der Waals surface area contributed by atoms with E-state index in [-0.39, 0.29) is 6.04 Å². The van der Waals surface area contributed by atoms with Crippen molar-refractivity contribution in [3.63, 3.8) is 0 Å². The molecule has 21 heavy (non-hydrogen) atoms. The monoisotopic (exact) mass is 290 g/mol. The first-order valence-corrected chi connectivity index (χ1v) is 7.70. The normalized spacial score (nSPS) is 15.6. The summed E-state index contributed by atoms with van der Waals surface area (Å²) in [6.45, 7) is 14.6. The van der Waals surface area contributed by atoms with Gasteiger partial charge in [0.15, 0.2) is 0 Å². The molecule has 2 unspecified atom stereocenters. The molecule has 0 aliphatic carbocycles. The van der Waals surface area contributed by atoms with Crippen LogP contribution in [0.1, 0.15) is 39.7 Å². The second-order valence-electron chi connectivity index (χ2n) is 5.80. The van der Waals surface area contributed by atoms with Crippen molar-refractivity contribution in [2.75, 3.05) is 20.2 Å². The van der Waals surface area contributed by atoms with Gasteiger partial charge in [0.1, 0.15) is 5.75 Å². The van der Waals surface area contributed by atoms with Crippen molar-refractivity contribution in [1.29, 1.82) is 0 Å². The summed E-state index contributed by atoms with van der Waals surface area (Å²) in [5.41, 5.74) is 8.61. The molecule has 3 heteroatoms. The summed E-state index contributed by atoms with van der Waals surface area (Å²) < 4.78 is 5.36. The molecule has 0 aromatic heterocycles. The van der Waals surface area contributed by atoms with Crippen LogP contribution in [0.3, 0.4) is 0 Å². The van der Waals surface area contributed by atoms with E-state index in [9.17, 15) is 0 Å². The fourth-order valence-electron chi connectivity index (χ4n) is 3.00. The largest absolute Gasteiger partial charge is 0.497 e. The van der Waals surface area contributed by atoms with Gasteiger partial charge in [-0.15, -0.1) is 6.58 Å². The second-order valence-corrected chi connectivity index (χ2v) is 5.80. The lowest BCUT2D eigenvalue weighted by molar-refractivity contribution is 0.142. The molecule has 2 atom stereocenters. The third-order valence-electron chi connectivity index (χ3n) is 4.31. The molecular formula is C18H30N2O. The first-order chi connectivity index (χ1) is 9.88. The number of likely N-dealkylation sites (N-methyl/N-ethyl adjacent to an activating group) is 1. The minimum Gasteiger partial charge on any atom is -0.497 e. The summed E-state index contributed by atoms with van der Waals surface area (Å²) in [6, 6.07) is 8.31. The fraction of sp³-hybridized carbons (Fsp3) is 0.556. The Labute approximate surface area is 129 Å². The lowest BCUT2D eigenvalue weighted by Crippen LogP contribution is -2.54. The summed E-state index contributed by atoms with van der Waals surface area (Å²) >= 11 is 0. The van der Waals surface area contributed by atoms with Crippen molar-refractivity contribution in [3.05, 3.63) is 42.0 Å². The molecule has 1 aromatic rings. The zero-order valence-corrected chi connectivity index (χ0v) is 14.1. The molecule has 0 aliphatic rings. The molecule has 0 heterocycles. The third-order valence-corrected chi connectivity index (χ3v) is 4.31. The predicted molar refractivity (Wildman–Crippen MR) is 90.7 cm³/mol. The third kappa shape index (κ3) is 4.08. The van der Waals surface area contributed by atoms with Crippen LogP contribution < -0.4 is 10.5 Å². The Morgan fingerprint density at radius 3 is 2.48 bits per heavy atom. The van der Waals surface area contributed by atoms with E-state index in [0.717, 1.165) is 36.4 Å². The number of rotatable bonds is 8. The summed E-state index contributed by atoms with van der Waals surface area (Å²) in [5, 5.41) is 0. The van der Waals surface area contributed by atoms with Gasteiger partial charge in [-0.3, -0.25) is 4.90 Å². The van der Waals surface area contributed by atoms with Crippen LogP contribution in [-0.2, 0) is 5.54 Å². The Balaban J connectivity index is 3.27. The topological polar surface area (TPSA) is 38.5 Å². The van der Waals surface area contributed by atoms with E-state index in [1.54, 1.807) is 7.11 Å². The number of hydrogen-bond donors (Lipinski definition) is 1. The number of ether oxygens (including phenoxy) is 1. The summed E-state index contributed by atoms with van der Waals surface area (Å²) in [7, 11) is 1.68. The minimum absolute atomic E-state index is 0.219. The van der Waals surface area contributed by atoms with E-state index in [4.69, 9.17) is 10.5 Å². The van der Waals surface area contributed by atoms with Gasteiger partial charge in [-0.1, -0.05) is 31.6 Å². The van der Waals surface area contributed by atoms with E-state index < -0.39 is 5.54 Å². The Hall–Kier alpha value is -1.32. The minimum atomic E-state index is -0.466. The van der Waals surface area contributed by atoms with Gasteiger partial charge in [0.05, 0.1) is 12.6 Å². The number of hydrogen-bond acceptors (Lipinski definition) is 3. The zero-order chi connectivity index (χ0) is 16.0. The predicted octanol–water partition coefficient (Wildman–Crippen LogP) is 3.55. The van der Waals surface area contributed by atoms with Gasteiger partial charge in [0, 0.05) is 6.04 Å². The van der Waals surface area contributed by atoms with E-state index in [2.05, 4.69) is 38.3 Å². The molecule has 0 spiro atoms. The van der Waals surface area contributed by atoms with Gasteiger partial charge in [0.25, 0.3) is 0 Å². The maximum Gasteiger partial charge on any atom is 0.119 e. The van der Waals surface area contributed by atoms with Crippen LogP contribution in [0.15, 0.2) is 36.4 Å². The second kappa shape index (κ2) is 7.62. The first-order valence-electron chi connectivity index (χ1n) is 7.70. The van der Waals surface area contributed by atoms with Crippen molar-refractivity contribution in [2.45, 2.75) is 45.7 Å². The number of benzene rings is 1. The average Bonchev–Trinajstić information content (AvgIpc) is 2.47. The SMILES string of the molecule is C=C(C)CC(N)(c1cccc(OC)c1)C(C)N(CC)CC. The van der Waals surface area contributed by atoms with Gasteiger partial charge in [-0.2, -0.15) is 0 Å². The van der Waals surface area contributed by atoms with Crippen molar-refractivity contribution in [3.8, 4) is 5.75 Å². The van der Waals surface area contributed by atoms with Gasteiger partial charge in [-0.05, 0) is 51.1 Å². The lowest BCUT2D eigenvalue weighted by Gasteiger charge is -2.42. The number of nitrogens with two attached hydrogens (primary N) is 1. The summed E-state index contributed by atoms with van der Waals surface area (Å²) in [4.78, 5) is 2.39. The Morgan fingerprint density at radius 2 is 2.00 bits per heavy atom. The molecule has 118 valence electrons. The molecule has 0 saturated heterocycles. The molecule has 0 bridgehead atoms. The van der Waals surface area contributed by atoms with Crippen LogP contribution in [0.25, 0.3) is 0 Å². The Morgan fingerprint density at radius 1 is 1.38 bits per heavy atom. The molecule has 0 radical (unpaired) electrons. The van der Waals surface area contributed by atoms with E-state index in [1.807, 2.05) is 25.1 Å². The highest BCUT2D eigenvalue weighted by molar-refractivity contribution is 5.35. The number of methoxy groups -OCH3 is 1. The van der Waals surface area contributed by atoms with Crippen LogP contribution in [0.5, 0.6) is 5.75 Å². The maximum absolute atomic E-state index is 6.88. The van der Waals surface area contributed by atoms with Crippen LogP contribution in [0, 0.1) is 0 Å². The molecule has 1 aromatic carbocycles. The van der Waals surface area contributed by atoms with Crippen molar-refractivity contribution >= 4 is 0 Å². The summed E-state index contributed by atoms with van der Waals surface area (Å²) in [6.07, 6.45) is 0.762. The van der Waals surface area contributed by atoms with E-state index >= 15 is 0 Å². The molecule has 0 amide bonds. The van der Waals surface area contributed by atoms with Crippen LogP contribution in [0.2, 0.25) is 0 Å². The highest BCUT2D eigenvalue weighted by Crippen LogP contribution is 2.33. The molecule has 1 rings (SSSR count). The van der Waals surface area contributed by atoms with Gasteiger partial charge in [-0.25, -0.2) is 0 Å². The van der Waals surface area contributed by atoms with Crippen molar-refractivity contribution < 1.29 is 4.74 Å². The zero-order valence-electron chi connectivity index (χ0n) is 14.1. The smallest absolute Gasteiger partial charge is 0.119 e. The van der Waals surface area contributed by atoms with E-state index in [1.165, 1.54) is 0 Å². The van der Waals surface area contributed by atoms with Gasteiger partial charge in [0.2, 0.25) is 0 Å². The standard InChI is InChI=1S/C18H30N2O/c1-7-20(8-2)15(5)18(19,13-14(3)4)16-10-9-11-17(12-16)21-6/h9-12,15H,3,7-8,13,19H2,1-2,4-6H3. The van der Waals surface area contributed by atoms with Crippen LogP contribution in [-0.4, -0.2) is 31.1 Å². The van der Waals surface area contributed by atoms with Gasteiger partial charge < -0.3 is 10.5 Å². The molecule has 0 fully saturated rings. The Bertz CT molecular complexity index is 468. The molecular weight excluding hydrogens is 260 g/mol. The number of nitrogens with zero attached hydrogens (tertiary/aromatic N) is 1.